The molecule has 2 fully saturated rings. The van der Waals surface area contributed by atoms with Gasteiger partial charge in [-0.25, -0.2) is 9.18 Å². The van der Waals surface area contributed by atoms with Crippen molar-refractivity contribution < 1.29 is 14.0 Å². The van der Waals surface area contributed by atoms with Crippen LogP contribution in [0.5, 0.6) is 0 Å². The molecule has 3 rings (SSSR count). The first-order valence-electron chi connectivity index (χ1n) is 8.89. The van der Waals surface area contributed by atoms with Crippen LogP contribution < -0.4 is 15.5 Å². The number of rotatable bonds is 3. The summed E-state index contributed by atoms with van der Waals surface area (Å²) in [5.41, 5.74) is 1.34. The lowest BCUT2D eigenvalue weighted by Crippen LogP contribution is -2.49. The Morgan fingerprint density at radius 1 is 1.24 bits per heavy atom. The second kappa shape index (κ2) is 7.72. The maximum absolute atomic E-state index is 13.7. The molecule has 0 saturated carbocycles. The highest BCUT2D eigenvalue weighted by molar-refractivity contribution is 5.93. The Kier molecular flexibility index (Phi) is 5.40. The van der Waals surface area contributed by atoms with Gasteiger partial charge in [0.25, 0.3) is 0 Å². The minimum atomic E-state index is -0.376. The van der Waals surface area contributed by atoms with Crippen molar-refractivity contribution in [2.75, 3.05) is 36.9 Å². The van der Waals surface area contributed by atoms with Gasteiger partial charge in [-0.2, -0.15) is 0 Å². The summed E-state index contributed by atoms with van der Waals surface area (Å²) in [6, 6.07) is 4.06. The summed E-state index contributed by atoms with van der Waals surface area (Å²) < 4.78 is 13.7. The molecule has 7 heteroatoms. The highest BCUT2D eigenvalue weighted by Crippen LogP contribution is 2.29. The summed E-state index contributed by atoms with van der Waals surface area (Å²) in [7, 11) is 1.73. The summed E-state index contributed by atoms with van der Waals surface area (Å²) >= 11 is 0. The first kappa shape index (κ1) is 17.5. The van der Waals surface area contributed by atoms with Crippen molar-refractivity contribution in [2.24, 2.45) is 0 Å². The van der Waals surface area contributed by atoms with Gasteiger partial charge < -0.3 is 20.4 Å². The lowest BCUT2D eigenvalue weighted by Gasteiger charge is -2.32. The maximum atomic E-state index is 13.7. The number of carbonyl (C=O) groups excluding carboxylic acids is 2. The van der Waals surface area contributed by atoms with Crippen LogP contribution in [0.25, 0.3) is 0 Å². The Hall–Kier alpha value is -2.31. The number of amides is 3. The molecule has 0 aliphatic carbocycles. The van der Waals surface area contributed by atoms with Crippen LogP contribution in [-0.4, -0.2) is 49.6 Å². The number of likely N-dealkylation sites (N-methyl/N-ethyl adjacent to an activating group) is 1. The zero-order chi connectivity index (χ0) is 17.8. The number of nitrogens with zero attached hydrogens (tertiary/aromatic N) is 2. The Bertz CT molecular complexity index is 646. The molecule has 0 bridgehead atoms. The van der Waals surface area contributed by atoms with E-state index in [9.17, 15) is 14.0 Å². The van der Waals surface area contributed by atoms with Gasteiger partial charge >= 0.3 is 6.03 Å². The predicted octanol–water partition coefficient (Wildman–Crippen LogP) is 2.56. The highest BCUT2D eigenvalue weighted by Gasteiger charge is 2.24. The van der Waals surface area contributed by atoms with Crippen molar-refractivity contribution in [1.29, 1.82) is 0 Å². The van der Waals surface area contributed by atoms with Crippen molar-refractivity contribution in [3.63, 3.8) is 0 Å². The Morgan fingerprint density at radius 3 is 2.72 bits per heavy atom. The number of nitrogens with one attached hydrogen (secondary N) is 2. The van der Waals surface area contributed by atoms with E-state index in [0.717, 1.165) is 31.6 Å². The topological polar surface area (TPSA) is 64.7 Å². The normalized spacial score (nSPS) is 21.2. The predicted molar refractivity (Wildman–Crippen MR) is 95.3 cm³/mol. The van der Waals surface area contributed by atoms with E-state index < -0.39 is 0 Å². The molecule has 0 unspecified atom stereocenters. The fraction of sp³-hybridized carbons (Fsp3) is 0.556. The van der Waals surface area contributed by atoms with Gasteiger partial charge in [-0.3, -0.25) is 4.79 Å². The minimum Gasteiger partial charge on any atom is -0.370 e. The minimum absolute atomic E-state index is 0.0882. The number of halogens is 1. The van der Waals surface area contributed by atoms with Gasteiger partial charge in [-0.15, -0.1) is 0 Å². The van der Waals surface area contributed by atoms with Gasteiger partial charge in [-0.1, -0.05) is 0 Å². The number of piperidine rings is 2. The fourth-order valence-electron chi connectivity index (χ4n) is 3.49. The molecule has 25 heavy (non-hydrogen) atoms. The summed E-state index contributed by atoms with van der Waals surface area (Å²) in [6.07, 6.45) is 4.46. The largest absolute Gasteiger partial charge is 0.370 e. The SMILES string of the molecule is CN1C[C@@H](NC(=O)Nc2cc(F)ccc2N2CCCCC2)CCC1=O. The van der Waals surface area contributed by atoms with Crippen LogP contribution in [0.3, 0.4) is 0 Å². The quantitative estimate of drug-likeness (QED) is 0.882. The van der Waals surface area contributed by atoms with E-state index in [-0.39, 0.29) is 23.8 Å². The lowest BCUT2D eigenvalue weighted by atomic mass is 10.1. The van der Waals surface area contributed by atoms with Crippen molar-refractivity contribution in [3.05, 3.63) is 24.0 Å². The molecule has 2 heterocycles. The molecule has 2 saturated heterocycles. The van der Waals surface area contributed by atoms with E-state index in [4.69, 9.17) is 0 Å². The highest BCUT2D eigenvalue weighted by atomic mass is 19.1. The van der Waals surface area contributed by atoms with Gasteiger partial charge in [-0.05, 0) is 43.9 Å². The van der Waals surface area contributed by atoms with E-state index in [1.165, 1.54) is 18.6 Å². The third kappa shape index (κ3) is 4.41. The van der Waals surface area contributed by atoms with Crippen molar-refractivity contribution >= 4 is 23.3 Å². The Morgan fingerprint density at radius 2 is 2.00 bits per heavy atom. The number of likely N-dealkylation sites (tertiary alicyclic amines) is 1. The zero-order valence-corrected chi connectivity index (χ0v) is 14.6. The van der Waals surface area contributed by atoms with Crippen LogP contribution >= 0.6 is 0 Å². The molecule has 1 aromatic carbocycles. The molecule has 0 radical (unpaired) electrons. The number of carbonyl (C=O) groups is 2. The van der Waals surface area contributed by atoms with Crippen LogP contribution in [0, 0.1) is 5.82 Å². The molecule has 3 amide bonds. The number of urea groups is 1. The van der Waals surface area contributed by atoms with Crippen molar-refractivity contribution in [1.82, 2.24) is 10.2 Å². The summed E-state index contributed by atoms with van der Waals surface area (Å²) in [4.78, 5) is 27.7. The van der Waals surface area contributed by atoms with E-state index in [1.807, 2.05) is 0 Å². The van der Waals surface area contributed by atoms with Crippen molar-refractivity contribution in [2.45, 2.75) is 38.1 Å². The van der Waals surface area contributed by atoms with Crippen LogP contribution in [0.1, 0.15) is 32.1 Å². The summed E-state index contributed by atoms with van der Waals surface area (Å²) in [6.45, 7) is 2.32. The Labute approximate surface area is 147 Å². The molecule has 2 N–H and O–H groups in total. The number of hydrogen-bond acceptors (Lipinski definition) is 3. The molecular formula is C18H25FN4O2. The number of anilines is 2. The van der Waals surface area contributed by atoms with E-state index in [0.29, 0.717) is 25.1 Å². The fourth-order valence-corrected chi connectivity index (χ4v) is 3.49. The van der Waals surface area contributed by atoms with Gasteiger partial charge in [0, 0.05) is 39.1 Å². The van der Waals surface area contributed by atoms with Crippen LogP contribution in [-0.2, 0) is 4.79 Å². The summed E-state index contributed by atoms with van der Waals surface area (Å²) in [5.74, 6) is -0.282. The molecule has 1 atom stereocenters. The Balaban J connectivity index is 1.66. The molecule has 2 aliphatic rings. The lowest BCUT2D eigenvalue weighted by molar-refractivity contribution is -0.132. The van der Waals surface area contributed by atoms with E-state index in [2.05, 4.69) is 15.5 Å². The van der Waals surface area contributed by atoms with Gasteiger partial charge in [0.05, 0.1) is 11.4 Å². The molecular weight excluding hydrogens is 323 g/mol. The third-order valence-electron chi connectivity index (χ3n) is 4.87. The average molecular weight is 348 g/mol. The molecule has 6 nitrogen and oxygen atoms in total. The second-order valence-corrected chi connectivity index (χ2v) is 6.82. The monoisotopic (exact) mass is 348 g/mol. The van der Waals surface area contributed by atoms with E-state index in [1.54, 1.807) is 18.0 Å². The van der Waals surface area contributed by atoms with E-state index >= 15 is 0 Å². The van der Waals surface area contributed by atoms with Gasteiger partial charge in [0.15, 0.2) is 0 Å². The molecule has 1 aromatic rings. The standard InChI is InChI=1S/C18H25FN4O2/c1-22-12-14(6-8-17(22)24)20-18(25)21-15-11-13(19)5-7-16(15)23-9-3-2-4-10-23/h5,7,11,14H,2-4,6,8-10,12H2,1H3,(H2,20,21,25)/t14-/m0/s1. The van der Waals surface area contributed by atoms with Crippen LogP contribution in [0.15, 0.2) is 18.2 Å². The number of benzene rings is 1. The second-order valence-electron chi connectivity index (χ2n) is 6.82. The molecule has 0 spiro atoms. The first-order chi connectivity index (χ1) is 12.0. The smallest absolute Gasteiger partial charge is 0.319 e. The van der Waals surface area contributed by atoms with Gasteiger partial charge in [0.1, 0.15) is 5.82 Å². The molecule has 0 aromatic heterocycles. The molecule has 136 valence electrons. The average Bonchev–Trinajstić information content (AvgIpc) is 2.59. The zero-order valence-electron chi connectivity index (χ0n) is 14.6. The third-order valence-corrected chi connectivity index (χ3v) is 4.87. The van der Waals surface area contributed by atoms with Crippen LogP contribution in [0.2, 0.25) is 0 Å². The maximum Gasteiger partial charge on any atom is 0.319 e. The molecule has 2 aliphatic heterocycles. The summed E-state index contributed by atoms with van der Waals surface area (Å²) in [5, 5.41) is 5.67. The van der Waals surface area contributed by atoms with Crippen molar-refractivity contribution in [3.8, 4) is 0 Å². The number of hydrogen-bond donors (Lipinski definition) is 2. The first-order valence-corrected chi connectivity index (χ1v) is 8.89. The van der Waals surface area contributed by atoms with Gasteiger partial charge in [0.2, 0.25) is 5.91 Å². The van der Waals surface area contributed by atoms with Crippen LogP contribution in [0.4, 0.5) is 20.6 Å².